The third-order valence-corrected chi connectivity index (χ3v) is 5.98. The summed E-state index contributed by atoms with van der Waals surface area (Å²) in [6.07, 6.45) is 0.949. The number of allylic oxidation sites excluding steroid dienone is 2. The average molecular weight is 381 g/mol. The van der Waals surface area contributed by atoms with Crippen LogP contribution in [0.1, 0.15) is 35.1 Å². The van der Waals surface area contributed by atoms with Crippen molar-refractivity contribution in [2.75, 3.05) is 7.11 Å². The Hall–Kier alpha value is -2.86. The molecule has 0 unspecified atom stereocenters. The van der Waals surface area contributed by atoms with Crippen molar-refractivity contribution < 1.29 is 19.1 Å². The zero-order valence-corrected chi connectivity index (χ0v) is 15.6. The van der Waals surface area contributed by atoms with E-state index in [9.17, 15) is 9.59 Å². The summed E-state index contributed by atoms with van der Waals surface area (Å²) in [5.74, 6) is -0.517. The zero-order chi connectivity index (χ0) is 19.0. The smallest absolute Gasteiger partial charge is 0.340 e. The van der Waals surface area contributed by atoms with E-state index in [0.29, 0.717) is 24.2 Å². The number of methoxy groups -OCH3 is 1. The third-order valence-electron chi connectivity index (χ3n) is 5.04. The second kappa shape index (κ2) is 7.04. The Bertz CT molecular complexity index is 944. The molecule has 0 saturated heterocycles. The first kappa shape index (κ1) is 17.5. The van der Waals surface area contributed by atoms with Crippen LogP contribution in [0.15, 0.2) is 70.6 Å². The average Bonchev–Trinajstić information content (AvgIpc) is 3.21. The molecule has 1 aliphatic heterocycles. The number of hydrogen-bond acceptors (Lipinski definition) is 6. The maximum atomic E-state index is 13.1. The second-order valence-corrected chi connectivity index (χ2v) is 7.58. The van der Waals surface area contributed by atoms with E-state index in [1.54, 1.807) is 0 Å². The molecule has 138 valence electrons. The van der Waals surface area contributed by atoms with Crippen molar-refractivity contribution in [1.29, 1.82) is 0 Å². The van der Waals surface area contributed by atoms with E-state index in [1.807, 2.05) is 47.8 Å². The summed E-state index contributed by atoms with van der Waals surface area (Å²) >= 11 is 1.48. The number of thiophene rings is 1. The van der Waals surface area contributed by atoms with Gasteiger partial charge in [-0.2, -0.15) is 0 Å². The molecule has 0 amide bonds. The molecule has 5 nitrogen and oxygen atoms in total. The summed E-state index contributed by atoms with van der Waals surface area (Å²) in [6, 6.07) is 13.7. The molecule has 0 fully saturated rings. The predicted molar refractivity (Wildman–Crippen MR) is 102 cm³/mol. The van der Waals surface area contributed by atoms with Crippen molar-refractivity contribution in [3.8, 4) is 0 Å². The lowest BCUT2D eigenvalue weighted by molar-refractivity contribution is -0.136. The Balaban J connectivity index is 1.79. The van der Waals surface area contributed by atoms with Crippen LogP contribution in [-0.4, -0.2) is 18.9 Å². The van der Waals surface area contributed by atoms with E-state index in [4.69, 9.17) is 15.2 Å². The fourth-order valence-corrected chi connectivity index (χ4v) is 4.66. The van der Waals surface area contributed by atoms with Gasteiger partial charge in [-0.1, -0.05) is 36.4 Å². The van der Waals surface area contributed by atoms with Crippen molar-refractivity contribution in [2.24, 2.45) is 5.73 Å². The quantitative estimate of drug-likeness (QED) is 0.822. The van der Waals surface area contributed by atoms with Gasteiger partial charge in [0.2, 0.25) is 5.88 Å². The number of carbonyl (C=O) groups is 2. The first-order valence-electron chi connectivity index (χ1n) is 8.70. The highest BCUT2D eigenvalue weighted by atomic mass is 32.1. The first-order valence-corrected chi connectivity index (χ1v) is 9.58. The maximum absolute atomic E-state index is 13.1. The molecule has 1 aromatic heterocycles. The van der Waals surface area contributed by atoms with Gasteiger partial charge in [0, 0.05) is 23.3 Å². The van der Waals surface area contributed by atoms with Gasteiger partial charge in [-0.05, 0) is 22.9 Å². The Morgan fingerprint density at radius 3 is 2.63 bits per heavy atom. The molecule has 1 aliphatic carbocycles. The van der Waals surface area contributed by atoms with Crippen LogP contribution in [0, 0.1) is 0 Å². The summed E-state index contributed by atoms with van der Waals surface area (Å²) in [5.41, 5.74) is 7.92. The van der Waals surface area contributed by atoms with Crippen LogP contribution in [0.25, 0.3) is 0 Å². The van der Waals surface area contributed by atoms with E-state index in [2.05, 4.69) is 0 Å². The van der Waals surface area contributed by atoms with Gasteiger partial charge in [0.1, 0.15) is 11.3 Å². The molecule has 0 bridgehead atoms. The summed E-state index contributed by atoms with van der Waals surface area (Å²) in [7, 11) is 1.30. The lowest BCUT2D eigenvalue weighted by atomic mass is 9.75. The minimum atomic E-state index is -0.574. The minimum Gasteiger partial charge on any atom is -0.465 e. The summed E-state index contributed by atoms with van der Waals surface area (Å²) in [5, 5.41) is 1.91. The van der Waals surface area contributed by atoms with Gasteiger partial charge in [-0.3, -0.25) is 4.79 Å². The van der Waals surface area contributed by atoms with Crippen LogP contribution in [-0.2, 0) is 19.1 Å². The number of rotatable bonds is 3. The Labute approximate surface area is 161 Å². The normalized spacial score (nSPS) is 22.3. The lowest BCUT2D eigenvalue weighted by Crippen LogP contribution is -2.32. The van der Waals surface area contributed by atoms with Gasteiger partial charge >= 0.3 is 5.97 Å². The largest absolute Gasteiger partial charge is 0.465 e. The molecule has 2 atom stereocenters. The Kier molecular flexibility index (Phi) is 4.58. The standard InChI is InChI=1S/C21H19NO4S/c1-25-21(24)19-18(16-8-5-9-27-16)17-14(23)10-13(11-15(17)26-20(19)22)12-6-3-2-4-7-12/h2-9,13,18H,10-11,22H2,1H3/t13-,18+/m1/s1. The number of ether oxygens (including phenoxy) is 2. The van der Waals surface area contributed by atoms with Gasteiger partial charge in [-0.25, -0.2) is 4.79 Å². The molecule has 2 N–H and O–H groups in total. The van der Waals surface area contributed by atoms with Crippen LogP contribution in [0.2, 0.25) is 0 Å². The van der Waals surface area contributed by atoms with Gasteiger partial charge in [-0.15, -0.1) is 11.3 Å². The predicted octanol–water partition coefficient (Wildman–Crippen LogP) is 3.61. The van der Waals surface area contributed by atoms with Crippen molar-refractivity contribution in [1.82, 2.24) is 0 Å². The van der Waals surface area contributed by atoms with Crippen molar-refractivity contribution >= 4 is 23.1 Å². The highest BCUT2D eigenvalue weighted by molar-refractivity contribution is 7.10. The van der Waals surface area contributed by atoms with Gasteiger partial charge in [0.05, 0.1) is 13.0 Å². The number of Topliss-reactive ketones (excluding diaryl/α,β-unsaturated/α-hetero) is 1. The highest BCUT2D eigenvalue weighted by Crippen LogP contribution is 2.47. The molecule has 0 radical (unpaired) electrons. The van der Waals surface area contributed by atoms with Crippen LogP contribution >= 0.6 is 11.3 Å². The lowest BCUT2D eigenvalue weighted by Gasteiger charge is -2.34. The highest BCUT2D eigenvalue weighted by Gasteiger charge is 2.43. The number of benzene rings is 1. The molecule has 2 aromatic rings. The van der Waals surface area contributed by atoms with Gasteiger partial charge < -0.3 is 15.2 Å². The van der Waals surface area contributed by atoms with Crippen LogP contribution in [0.5, 0.6) is 0 Å². The van der Waals surface area contributed by atoms with E-state index < -0.39 is 11.9 Å². The monoisotopic (exact) mass is 381 g/mol. The molecule has 1 aromatic carbocycles. The zero-order valence-electron chi connectivity index (χ0n) is 14.8. The van der Waals surface area contributed by atoms with Crippen molar-refractivity contribution in [2.45, 2.75) is 24.7 Å². The second-order valence-electron chi connectivity index (χ2n) is 6.60. The number of ketones is 1. The van der Waals surface area contributed by atoms with E-state index in [-0.39, 0.29) is 23.2 Å². The van der Waals surface area contributed by atoms with E-state index >= 15 is 0 Å². The topological polar surface area (TPSA) is 78.6 Å². The first-order chi connectivity index (χ1) is 13.1. The molecule has 2 aliphatic rings. The number of nitrogens with two attached hydrogens (primary N) is 1. The van der Waals surface area contributed by atoms with E-state index in [1.165, 1.54) is 18.4 Å². The maximum Gasteiger partial charge on any atom is 0.340 e. The molecule has 6 heteroatoms. The Morgan fingerprint density at radius 2 is 1.96 bits per heavy atom. The molecule has 2 heterocycles. The fraction of sp³-hybridized carbons (Fsp3) is 0.238. The summed E-state index contributed by atoms with van der Waals surface area (Å²) in [4.78, 5) is 26.4. The van der Waals surface area contributed by atoms with Crippen LogP contribution in [0.3, 0.4) is 0 Å². The summed E-state index contributed by atoms with van der Waals surface area (Å²) < 4.78 is 10.7. The number of hydrogen-bond donors (Lipinski definition) is 1. The van der Waals surface area contributed by atoms with Crippen molar-refractivity contribution in [3.63, 3.8) is 0 Å². The third kappa shape index (κ3) is 3.06. The number of esters is 1. The molecule has 0 spiro atoms. The molecule has 0 saturated carbocycles. The fourth-order valence-electron chi connectivity index (χ4n) is 3.82. The minimum absolute atomic E-state index is 0.0144. The summed E-state index contributed by atoms with van der Waals surface area (Å²) in [6.45, 7) is 0. The Morgan fingerprint density at radius 1 is 1.19 bits per heavy atom. The molecular formula is C21H19NO4S. The number of carbonyl (C=O) groups excluding carboxylic acids is 2. The van der Waals surface area contributed by atoms with Crippen LogP contribution in [0.4, 0.5) is 0 Å². The SMILES string of the molecule is COC(=O)C1=C(N)OC2=C(C(=O)C[C@@H](c3ccccc3)C2)[C@@H]1c1cccs1. The van der Waals surface area contributed by atoms with Crippen molar-refractivity contribution in [3.05, 3.63) is 81.1 Å². The van der Waals surface area contributed by atoms with Gasteiger partial charge in [0.15, 0.2) is 5.78 Å². The molecule has 27 heavy (non-hydrogen) atoms. The van der Waals surface area contributed by atoms with Gasteiger partial charge in [0.25, 0.3) is 0 Å². The van der Waals surface area contributed by atoms with E-state index in [0.717, 1.165) is 10.4 Å². The molecule has 4 rings (SSSR count). The molecular weight excluding hydrogens is 362 g/mol. The van der Waals surface area contributed by atoms with Crippen LogP contribution < -0.4 is 5.73 Å².